The van der Waals surface area contributed by atoms with E-state index in [4.69, 9.17) is 0 Å². The van der Waals surface area contributed by atoms with Gasteiger partial charge in [0.25, 0.3) is 0 Å². The Balaban J connectivity index is 0.00000144. The second-order valence-electron chi connectivity index (χ2n) is 5.47. The van der Waals surface area contributed by atoms with E-state index in [1.807, 2.05) is 0 Å². The molecule has 1 radical (unpaired) electrons. The van der Waals surface area contributed by atoms with E-state index in [1.165, 1.54) is 12.8 Å². The van der Waals surface area contributed by atoms with Gasteiger partial charge in [-0.3, -0.25) is 0 Å². The predicted molar refractivity (Wildman–Crippen MR) is 54.6 cm³/mol. The van der Waals surface area contributed by atoms with E-state index in [1.54, 1.807) is 0 Å². The van der Waals surface area contributed by atoms with Gasteiger partial charge in [0.2, 0.25) is 0 Å². The van der Waals surface area contributed by atoms with Crippen molar-refractivity contribution in [1.82, 2.24) is 0 Å². The SMILES string of the molecule is [CH2-]CC1(C[CH2-])CC(C(C)(C)C)C1.[Y]. The molecule has 1 heteroatoms. The fourth-order valence-corrected chi connectivity index (χ4v) is 2.13. The quantitative estimate of drug-likeness (QED) is 0.657. The van der Waals surface area contributed by atoms with Crippen LogP contribution in [0.25, 0.3) is 0 Å². The second-order valence-corrected chi connectivity index (χ2v) is 5.47. The Labute approximate surface area is 109 Å². The first-order valence-electron chi connectivity index (χ1n) is 5.02. The molecule has 1 rings (SSSR count). The topological polar surface area (TPSA) is 0 Å². The van der Waals surface area contributed by atoms with Crippen molar-refractivity contribution in [2.24, 2.45) is 16.7 Å². The molecule has 0 atom stereocenters. The first kappa shape index (κ1) is 14.1. The van der Waals surface area contributed by atoms with Crippen LogP contribution in [0.5, 0.6) is 0 Å². The fraction of sp³-hybridized carbons (Fsp3) is 0.833. The molecule has 0 heterocycles. The first-order chi connectivity index (χ1) is 5.43. The van der Waals surface area contributed by atoms with Gasteiger partial charge in [0.15, 0.2) is 0 Å². The van der Waals surface area contributed by atoms with Crippen LogP contribution in [-0.4, -0.2) is 0 Å². The standard InChI is InChI=1S/C12H22.Y/c1-6-12(7-2)8-10(9-12)11(3,4)5;/h10H,1-2,6-9H2,3-5H3;/q-2;. The van der Waals surface area contributed by atoms with Crippen LogP contribution in [0.4, 0.5) is 0 Å². The Morgan fingerprint density at radius 1 is 1.15 bits per heavy atom. The average Bonchev–Trinajstić information content (AvgIpc) is 1.85. The van der Waals surface area contributed by atoms with Gasteiger partial charge in [0, 0.05) is 32.7 Å². The van der Waals surface area contributed by atoms with E-state index in [-0.39, 0.29) is 32.7 Å². The average molecular weight is 255 g/mol. The predicted octanol–water partition coefficient (Wildman–Crippen LogP) is 3.87. The third kappa shape index (κ3) is 3.03. The Hall–Kier alpha value is 1.10. The second kappa shape index (κ2) is 4.75. The summed E-state index contributed by atoms with van der Waals surface area (Å²) in [5.41, 5.74) is 1.01. The van der Waals surface area contributed by atoms with Gasteiger partial charge in [-0.15, -0.1) is 0 Å². The third-order valence-electron chi connectivity index (χ3n) is 3.64. The first-order valence-corrected chi connectivity index (χ1v) is 5.02. The van der Waals surface area contributed by atoms with E-state index in [0.717, 1.165) is 18.8 Å². The summed E-state index contributed by atoms with van der Waals surface area (Å²) in [4.78, 5) is 0. The monoisotopic (exact) mass is 255 g/mol. The summed E-state index contributed by atoms with van der Waals surface area (Å²) in [6, 6.07) is 0. The summed E-state index contributed by atoms with van der Waals surface area (Å²) in [6.07, 6.45) is 4.85. The van der Waals surface area contributed by atoms with Crippen LogP contribution in [0.3, 0.4) is 0 Å². The molecule has 0 bridgehead atoms. The molecule has 1 aliphatic carbocycles. The third-order valence-corrected chi connectivity index (χ3v) is 3.64. The molecule has 0 aromatic carbocycles. The minimum atomic E-state index is 0. The fourth-order valence-electron chi connectivity index (χ4n) is 2.13. The zero-order valence-electron chi connectivity index (χ0n) is 9.40. The summed E-state index contributed by atoms with van der Waals surface area (Å²) in [5, 5.41) is 0. The molecule has 75 valence electrons. The molecule has 0 saturated heterocycles. The van der Waals surface area contributed by atoms with Gasteiger partial charge in [-0.1, -0.05) is 26.2 Å². The molecule has 0 nitrogen and oxygen atoms in total. The van der Waals surface area contributed by atoms with E-state index in [9.17, 15) is 0 Å². The van der Waals surface area contributed by atoms with Gasteiger partial charge in [0.05, 0.1) is 0 Å². The van der Waals surface area contributed by atoms with E-state index in [2.05, 4.69) is 34.6 Å². The zero-order valence-corrected chi connectivity index (χ0v) is 12.2. The molecule has 1 saturated carbocycles. The number of rotatable bonds is 2. The molecule has 0 unspecified atom stereocenters. The molecular weight excluding hydrogens is 233 g/mol. The maximum Gasteiger partial charge on any atom is 0 e. The van der Waals surface area contributed by atoms with Crippen LogP contribution in [0.1, 0.15) is 46.5 Å². The molecule has 0 amide bonds. The molecule has 1 aliphatic rings. The molecule has 1 fully saturated rings. The smallest absolute Gasteiger partial charge is 0 e. The Morgan fingerprint density at radius 3 is 1.77 bits per heavy atom. The normalized spacial score (nSPS) is 21.9. The van der Waals surface area contributed by atoms with Crippen molar-refractivity contribution in [1.29, 1.82) is 0 Å². The van der Waals surface area contributed by atoms with Gasteiger partial charge in [-0.25, -0.2) is 0 Å². The molecule has 13 heavy (non-hydrogen) atoms. The van der Waals surface area contributed by atoms with Crippen LogP contribution in [0, 0.1) is 30.6 Å². The van der Waals surface area contributed by atoms with Crippen molar-refractivity contribution in [2.45, 2.75) is 46.5 Å². The number of hydrogen-bond acceptors (Lipinski definition) is 0. The summed E-state index contributed by atoms with van der Waals surface area (Å²) >= 11 is 0. The summed E-state index contributed by atoms with van der Waals surface area (Å²) in [6.45, 7) is 15.1. The van der Waals surface area contributed by atoms with Crippen molar-refractivity contribution < 1.29 is 32.7 Å². The Kier molecular flexibility index (Phi) is 5.15. The van der Waals surface area contributed by atoms with Crippen LogP contribution >= 0.6 is 0 Å². The van der Waals surface area contributed by atoms with Crippen LogP contribution in [0.2, 0.25) is 0 Å². The van der Waals surface area contributed by atoms with Crippen molar-refractivity contribution in [3.63, 3.8) is 0 Å². The van der Waals surface area contributed by atoms with Crippen molar-refractivity contribution in [3.8, 4) is 0 Å². The van der Waals surface area contributed by atoms with Gasteiger partial charge in [-0.2, -0.15) is 12.8 Å². The Morgan fingerprint density at radius 2 is 1.54 bits per heavy atom. The van der Waals surface area contributed by atoms with Crippen LogP contribution < -0.4 is 0 Å². The van der Waals surface area contributed by atoms with Gasteiger partial charge in [-0.05, 0) is 24.2 Å². The maximum atomic E-state index is 4.03. The molecule has 0 aromatic heterocycles. The van der Waals surface area contributed by atoms with Crippen molar-refractivity contribution in [3.05, 3.63) is 13.8 Å². The van der Waals surface area contributed by atoms with Crippen molar-refractivity contribution in [2.75, 3.05) is 0 Å². The number of hydrogen-bond donors (Lipinski definition) is 0. The molecule has 0 aliphatic heterocycles. The van der Waals surface area contributed by atoms with Gasteiger partial charge < -0.3 is 13.8 Å². The molecule has 0 spiro atoms. The molecule has 0 N–H and O–H groups in total. The minimum Gasteiger partial charge on any atom is -0.343 e. The molecular formula is C12H22Y-2. The largest absolute Gasteiger partial charge is 0.343 e. The Bertz CT molecular complexity index is 143. The minimum absolute atomic E-state index is 0. The maximum absolute atomic E-state index is 4.03. The summed E-state index contributed by atoms with van der Waals surface area (Å²) < 4.78 is 0. The molecule has 0 aromatic rings. The zero-order chi connectivity index (χ0) is 9.41. The van der Waals surface area contributed by atoms with Crippen LogP contribution in [0.15, 0.2) is 0 Å². The van der Waals surface area contributed by atoms with Gasteiger partial charge >= 0.3 is 0 Å². The van der Waals surface area contributed by atoms with Crippen molar-refractivity contribution >= 4 is 0 Å². The van der Waals surface area contributed by atoms with Gasteiger partial charge in [0.1, 0.15) is 0 Å². The summed E-state index contributed by atoms with van der Waals surface area (Å²) in [7, 11) is 0. The summed E-state index contributed by atoms with van der Waals surface area (Å²) in [5.74, 6) is 0.904. The van der Waals surface area contributed by atoms with Crippen LogP contribution in [-0.2, 0) is 32.7 Å². The van der Waals surface area contributed by atoms with E-state index < -0.39 is 0 Å². The van der Waals surface area contributed by atoms with E-state index in [0.29, 0.717) is 10.8 Å². The van der Waals surface area contributed by atoms with E-state index >= 15 is 0 Å².